The lowest BCUT2D eigenvalue weighted by molar-refractivity contribution is -0.133. The van der Waals surface area contributed by atoms with Crippen molar-refractivity contribution in [1.29, 1.82) is 0 Å². The summed E-state index contributed by atoms with van der Waals surface area (Å²) < 4.78 is 4.77. The minimum Gasteiger partial charge on any atom is -0.439 e. The van der Waals surface area contributed by atoms with Crippen LogP contribution in [-0.2, 0) is 14.3 Å². The van der Waals surface area contributed by atoms with Crippen molar-refractivity contribution < 1.29 is 19.1 Å². The Bertz CT molecular complexity index is 449. The maximum Gasteiger partial charge on any atom is 0.417 e. The van der Waals surface area contributed by atoms with Gasteiger partial charge in [0.15, 0.2) is 6.61 Å². The van der Waals surface area contributed by atoms with E-state index in [1.807, 2.05) is 4.90 Å². The molecule has 2 saturated heterocycles. The van der Waals surface area contributed by atoms with Gasteiger partial charge >= 0.3 is 6.09 Å². The SMILES string of the molecule is O=C(CCC1CCCCC1)N1CCC(N2C(=O)COC2=O)CC1. The van der Waals surface area contributed by atoms with Gasteiger partial charge in [-0.05, 0) is 25.2 Å². The molecule has 6 nitrogen and oxygen atoms in total. The number of cyclic esters (lactones) is 1. The number of likely N-dealkylation sites (tertiary alicyclic amines) is 1. The van der Waals surface area contributed by atoms with E-state index in [0.717, 1.165) is 12.3 Å². The molecule has 23 heavy (non-hydrogen) atoms. The molecule has 2 heterocycles. The minimum absolute atomic E-state index is 0.111. The van der Waals surface area contributed by atoms with Crippen LogP contribution in [0.25, 0.3) is 0 Å². The van der Waals surface area contributed by atoms with Gasteiger partial charge in [-0.1, -0.05) is 32.1 Å². The molecule has 0 aromatic carbocycles. The van der Waals surface area contributed by atoms with E-state index < -0.39 is 6.09 Å². The first-order valence-corrected chi connectivity index (χ1v) is 8.91. The number of piperidine rings is 1. The molecular weight excluding hydrogens is 296 g/mol. The second-order valence-electron chi connectivity index (χ2n) is 6.97. The Hall–Kier alpha value is -1.59. The summed E-state index contributed by atoms with van der Waals surface area (Å²) >= 11 is 0. The average Bonchev–Trinajstić information content (AvgIpc) is 2.92. The van der Waals surface area contributed by atoms with Crippen molar-refractivity contribution in [2.75, 3.05) is 19.7 Å². The van der Waals surface area contributed by atoms with Crippen LogP contribution in [0.5, 0.6) is 0 Å². The van der Waals surface area contributed by atoms with Gasteiger partial charge in [0, 0.05) is 25.6 Å². The molecule has 2 aliphatic heterocycles. The second kappa shape index (κ2) is 7.32. The number of hydrogen-bond donors (Lipinski definition) is 0. The van der Waals surface area contributed by atoms with Crippen LogP contribution in [0.3, 0.4) is 0 Å². The quantitative estimate of drug-likeness (QED) is 0.796. The molecule has 3 fully saturated rings. The van der Waals surface area contributed by atoms with Crippen molar-refractivity contribution in [3.8, 4) is 0 Å². The van der Waals surface area contributed by atoms with Crippen molar-refractivity contribution in [2.24, 2.45) is 5.92 Å². The molecule has 1 saturated carbocycles. The van der Waals surface area contributed by atoms with Crippen LogP contribution in [0.4, 0.5) is 4.79 Å². The lowest BCUT2D eigenvalue weighted by Crippen LogP contribution is -2.48. The van der Waals surface area contributed by atoms with Crippen LogP contribution in [0.15, 0.2) is 0 Å². The van der Waals surface area contributed by atoms with E-state index in [1.54, 1.807) is 0 Å². The van der Waals surface area contributed by atoms with Crippen LogP contribution in [0.2, 0.25) is 0 Å². The fraction of sp³-hybridized carbons (Fsp3) is 0.824. The molecule has 0 N–H and O–H groups in total. The second-order valence-corrected chi connectivity index (χ2v) is 6.97. The van der Waals surface area contributed by atoms with Gasteiger partial charge in [-0.25, -0.2) is 9.69 Å². The molecule has 6 heteroatoms. The van der Waals surface area contributed by atoms with Crippen LogP contribution in [0.1, 0.15) is 57.8 Å². The van der Waals surface area contributed by atoms with Gasteiger partial charge in [0.05, 0.1) is 0 Å². The summed E-state index contributed by atoms with van der Waals surface area (Å²) in [6, 6.07) is -0.111. The third-order valence-electron chi connectivity index (χ3n) is 5.46. The zero-order chi connectivity index (χ0) is 16.2. The molecule has 3 rings (SSSR count). The van der Waals surface area contributed by atoms with Gasteiger partial charge in [-0.15, -0.1) is 0 Å². The Labute approximate surface area is 137 Å². The molecule has 3 aliphatic rings. The van der Waals surface area contributed by atoms with Gasteiger partial charge in [-0.2, -0.15) is 0 Å². The Morgan fingerprint density at radius 3 is 2.35 bits per heavy atom. The van der Waals surface area contributed by atoms with Crippen LogP contribution in [0, 0.1) is 5.92 Å². The fourth-order valence-electron chi connectivity index (χ4n) is 4.05. The van der Waals surface area contributed by atoms with Crippen molar-refractivity contribution in [3.63, 3.8) is 0 Å². The predicted octanol–water partition coefficient (Wildman–Crippen LogP) is 2.32. The summed E-state index contributed by atoms with van der Waals surface area (Å²) in [6.07, 6.45) is 8.95. The number of carbonyl (C=O) groups is 3. The van der Waals surface area contributed by atoms with Gasteiger partial charge in [0.2, 0.25) is 5.91 Å². The first-order valence-electron chi connectivity index (χ1n) is 8.91. The molecule has 0 spiro atoms. The molecule has 3 amide bonds. The first-order chi connectivity index (χ1) is 11.1. The number of imide groups is 1. The largest absolute Gasteiger partial charge is 0.439 e. The van der Waals surface area contributed by atoms with Gasteiger partial charge in [0.25, 0.3) is 5.91 Å². The zero-order valence-electron chi connectivity index (χ0n) is 13.7. The highest BCUT2D eigenvalue weighted by atomic mass is 16.6. The maximum absolute atomic E-state index is 12.4. The molecule has 1 aliphatic carbocycles. The highest BCUT2D eigenvalue weighted by Gasteiger charge is 2.38. The first kappa shape index (κ1) is 16.3. The number of hydrogen-bond acceptors (Lipinski definition) is 4. The standard InChI is InChI=1S/C17H26N2O4/c20-15(7-6-13-4-2-1-3-5-13)18-10-8-14(9-11-18)19-16(21)12-23-17(19)22/h13-14H,1-12H2. The molecule has 0 aromatic rings. The zero-order valence-corrected chi connectivity index (χ0v) is 13.7. The number of rotatable bonds is 4. The van der Waals surface area contributed by atoms with E-state index in [-0.39, 0.29) is 24.5 Å². The van der Waals surface area contributed by atoms with E-state index in [2.05, 4.69) is 0 Å². The third-order valence-corrected chi connectivity index (χ3v) is 5.46. The Kier molecular flexibility index (Phi) is 5.18. The summed E-state index contributed by atoms with van der Waals surface area (Å²) in [5.41, 5.74) is 0. The maximum atomic E-state index is 12.4. The smallest absolute Gasteiger partial charge is 0.417 e. The van der Waals surface area contributed by atoms with E-state index in [9.17, 15) is 14.4 Å². The molecule has 0 atom stereocenters. The van der Waals surface area contributed by atoms with Crippen LogP contribution in [-0.4, -0.2) is 53.4 Å². The predicted molar refractivity (Wildman–Crippen MR) is 83.6 cm³/mol. The van der Waals surface area contributed by atoms with Gasteiger partial charge < -0.3 is 9.64 Å². The Morgan fingerprint density at radius 2 is 1.74 bits per heavy atom. The van der Waals surface area contributed by atoms with Gasteiger partial charge in [0.1, 0.15) is 0 Å². The lowest BCUT2D eigenvalue weighted by Gasteiger charge is -2.35. The number of nitrogens with zero attached hydrogens (tertiary/aromatic N) is 2. The molecule has 128 valence electrons. The van der Waals surface area contributed by atoms with Crippen molar-refractivity contribution in [1.82, 2.24) is 9.80 Å². The highest BCUT2D eigenvalue weighted by molar-refractivity contribution is 5.98. The monoisotopic (exact) mass is 322 g/mol. The molecule has 0 aromatic heterocycles. The lowest BCUT2D eigenvalue weighted by atomic mass is 9.86. The average molecular weight is 322 g/mol. The topological polar surface area (TPSA) is 66.9 Å². The van der Waals surface area contributed by atoms with Crippen molar-refractivity contribution in [2.45, 2.75) is 63.8 Å². The molecule has 0 radical (unpaired) electrons. The third kappa shape index (κ3) is 3.85. The molecule has 0 bridgehead atoms. The summed E-state index contributed by atoms with van der Waals surface area (Å²) in [7, 11) is 0. The summed E-state index contributed by atoms with van der Waals surface area (Å²) in [4.78, 5) is 38.7. The normalized spacial score (nSPS) is 24.2. The minimum atomic E-state index is -0.530. The van der Waals surface area contributed by atoms with E-state index >= 15 is 0 Å². The van der Waals surface area contributed by atoms with Crippen molar-refractivity contribution >= 4 is 17.9 Å². The van der Waals surface area contributed by atoms with E-state index in [4.69, 9.17) is 4.74 Å². The Morgan fingerprint density at radius 1 is 1.04 bits per heavy atom. The van der Waals surface area contributed by atoms with Gasteiger partial charge in [-0.3, -0.25) is 9.59 Å². The fourth-order valence-corrected chi connectivity index (χ4v) is 4.05. The number of amides is 3. The number of ether oxygens (including phenoxy) is 1. The molecule has 0 unspecified atom stereocenters. The highest BCUT2D eigenvalue weighted by Crippen LogP contribution is 2.28. The Balaban J connectivity index is 1.42. The summed E-state index contributed by atoms with van der Waals surface area (Å²) in [5.74, 6) is 0.698. The van der Waals surface area contributed by atoms with Crippen LogP contribution < -0.4 is 0 Å². The summed E-state index contributed by atoms with van der Waals surface area (Å²) in [5, 5.41) is 0. The van der Waals surface area contributed by atoms with Crippen LogP contribution >= 0.6 is 0 Å². The van der Waals surface area contributed by atoms with Crippen molar-refractivity contribution in [3.05, 3.63) is 0 Å². The van der Waals surface area contributed by atoms with E-state index in [0.29, 0.717) is 32.4 Å². The van der Waals surface area contributed by atoms with E-state index in [1.165, 1.54) is 37.0 Å². The summed E-state index contributed by atoms with van der Waals surface area (Å²) in [6.45, 7) is 1.12. The molecular formula is C17H26N2O4. The number of carbonyl (C=O) groups excluding carboxylic acids is 3.